The lowest BCUT2D eigenvalue weighted by molar-refractivity contribution is -0.113. The van der Waals surface area contributed by atoms with E-state index < -0.39 is 73.3 Å². The number of alkyl halides is 3. The van der Waals surface area contributed by atoms with E-state index >= 15 is 0 Å². The molecule has 0 aliphatic rings. The molecule has 0 aromatic carbocycles. The van der Waals surface area contributed by atoms with Crippen molar-refractivity contribution < 1.29 is 40.2 Å². The van der Waals surface area contributed by atoms with E-state index in [0.29, 0.717) is 0 Å². The van der Waals surface area contributed by atoms with E-state index in [4.69, 9.17) is 20.7 Å². The van der Waals surface area contributed by atoms with Crippen LogP contribution in [0.4, 0.5) is 13.2 Å². The molecule has 0 aliphatic heterocycles. The van der Waals surface area contributed by atoms with Gasteiger partial charge < -0.3 is 10.2 Å². The van der Waals surface area contributed by atoms with Crippen molar-refractivity contribution in [3.05, 3.63) is 11.1 Å². The van der Waals surface area contributed by atoms with E-state index in [1.807, 2.05) is 0 Å². The zero-order chi connectivity index (χ0) is 19.9. The average molecular weight is 404 g/mol. The maximum absolute atomic E-state index is 12.6. The third-order valence-electron chi connectivity index (χ3n) is 2.80. The number of rotatable bonds is 9. The molecule has 142 valence electrons. The molecule has 13 heteroatoms. The fourth-order valence-electron chi connectivity index (χ4n) is 1.67. The minimum Gasteiger partial charge on any atom is -0.395 e. The molecule has 0 saturated carbocycles. The van der Waals surface area contributed by atoms with Gasteiger partial charge in [0, 0.05) is 22.8 Å². The summed E-state index contributed by atoms with van der Waals surface area (Å²) in [6.07, 6.45) is 0. The van der Waals surface area contributed by atoms with Gasteiger partial charge in [0.15, 0.2) is 5.78 Å². The predicted octanol–water partition coefficient (Wildman–Crippen LogP) is 0.490. The van der Waals surface area contributed by atoms with Gasteiger partial charge in [0.2, 0.25) is 0 Å². The summed E-state index contributed by atoms with van der Waals surface area (Å²) >= 11 is 0. The Morgan fingerprint density at radius 1 is 1.12 bits per heavy atom. The fraction of sp³-hybridized carbons (Fsp3) is 0.583. The minimum atomic E-state index is -6.10. The summed E-state index contributed by atoms with van der Waals surface area (Å²) in [6.45, 7) is -0.672. The summed E-state index contributed by atoms with van der Waals surface area (Å²) in [4.78, 5) is 11.7. The van der Waals surface area contributed by atoms with E-state index in [2.05, 4.69) is 3.63 Å². The second-order valence-corrected chi connectivity index (χ2v) is 9.52. The second kappa shape index (κ2) is 9.17. The number of carbonyl (C=O) groups excluding carboxylic acids is 1. The highest BCUT2D eigenvalue weighted by Gasteiger charge is 2.51. The number of nitrogens with zero attached hydrogens (tertiary/aromatic N) is 2. The number of allylic oxidation sites excluding steroid dienone is 1. The highest BCUT2D eigenvalue weighted by molar-refractivity contribution is 8.33. The topological polar surface area (TPSA) is 148 Å². The molecule has 0 radical (unpaired) electrons. The number of Topliss-reactive ketones (excluding diaryl/α,β-unsaturated/α-hetero) is 1. The second-order valence-electron chi connectivity index (χ2n) is 4.57. The van der Waals surface area contributed by atoms with Crippen LogP contribution in [0.5, 0.6) is 0 Å². The number of nitriles is 2. The van der Waals surface area contributed by atoms with Gasteiger partial charge in [0.05, 0.1) is 13.2 Å². The van der Waals surface area contributed by atoms with Crippen LogP contribution in [0.15, 0.2) is 11.1 Å². The number of halogens is 3. The molecule has 0 fully saturated rings. The first-order valence-corrected chi connectivity index (χ1v) is 9.91. The first-order valence-electron chi connectivity index (χ1n) is 6.44. The number of carbonyl (C=O) groups is 1. The monoisotopic (exact) mass is 404 g/mol. The van der Waals surface area contributed by atoms with Crippen LogP contribution in [-0.2, 0) is 18.5 Å². The van der Waals surface area contributed by atoms with E-state index in [9.17, 15) is 26.4 Å². The van der Waals surface area contributed by atoms with Crippen LogP contribution >= 0.6 is 10.3 Å². The van der Waals surface area contributed by atoms with E-state index in [0.717, 1.165) is 6.92 Å². The van der Waals surface area contributed by atoms with Crippen LogP contribution < -0.4 is 0 Å². The Labute approximate surface area is 143 Å². The van der Waals surface area contributed by atoms with Gasteiger partial charge in [-0.1, -0.05) is 0 Å². The number of hydrogen-bond acceptors (Lipinski definition) is 8. The molecule has 0 atom stereocenters. The van der Waals surface area contributed by atoms with Crippen molar-refractivity contribution in [2.45, 2.75) is 12.4 Å². The number of aliphatic hydroxyl groups is 2. The smallest absolute Gasteiger partial charge is 0.395 e. The predicted molar refractivity (Wildman–Crippen MR) is 81.4 cm³/mol. The van der Waals surface area contributed by atoms with Gasteiger partial charge in [-0.2, -0.15) is 32.1 Å². The number of hydrogen-bond donors (Lipinski definition) is 2. The first-order chi connectivity index (χ1) is 11.4. The Morgan fingerprint density at radius 2 is 1.56 bits per heavy atom. The van der Waals surface area contributed by atoms with Gasteiger partial charge in [-0.15, -0.1) is 10.3 Å². The van der Waals surface area contributed by atoms with Crippen molar-refractivity contribution in [1.82, 2.24) is 0 Å². The van der Waals surface area contributed by atoms with Crippen LogP contribution in [0.3, 0.4) is 0 Å². The highest BCUT2D eigenvalue weighted by atomic mass is 32.3. The summed E-state index contributed by atoms with van der Waals surface area (Å²) in [5, 5.41) is 35.9. The molecule has 0 unspecified atom stereocenters. The van der Waals surface area contributed by atoms with Crippen molar-refractivity contribution in [1.29, 1.82) is 10.5 Å². The molecule has 0 aromatic rings. The minimum absolute atomic E-state index is 0.528. The summed E-state index contributed by atoms with van der Waals surface area (Å²) in [5.74, 6) is -2.90. The largest absolute Gasteiger partial charge is 0.523 e. The number of aliphatic hydroxyl groups excluding tert-OH is 2. The summed E-state index contributed by atoms with van der Waals surface area (Å²) in [5.41, 5.74) is -7.00. The van der Waals surface area contributed by atoms with Gasteiger partial charge in [0.1, 0.15) is 17.7 Å². The molecule has 0 saturated heterocycles. The van der Waals surface area contributed by atoms with Crippen molar-refractivity contribution >= 4 is 26.2 Å². The summed E-state index contributed by atoms with van der Waals surface area (Å²) in [6, 6.07) is 2.78. The number of ketones is 1. The van der Waals surface area contributed by atoms with Gasteiger partial charge >= 0.3 is 15.6 Å². The first kappa shape index (κ1) is 23.4. The van der Waals surface area contributed by atoms with E-state index in [1.165, 1.54) is 12.1 Å². The Kier molecular flexibility index (Phi) is 8.57. The molecule has 0 spiro atoms. The van der Waals surface area contributed by atoms with Crippen molar-refractivity contribution in [2.24, 2.45) is 0 Å². The Balaban J connectivity index is 6.27. The SMILES string of the molecule is CC(=O)C(CS(CCO)(CCO)OS(=O)(=O)C(F)(F)F)=C(C#N)C#N. The quantitative estimate of drug-likeness (QED) is 0.320. The van der Waals surface area contributed by atoms with Crippen molar-refractivity contribution in [3.8, 4) is 12.1 Å². The molecule has 8 nitrogen and oxygen atoms in total. The standard InChI is InChI=1S/C12H15F3N2O6S2/c1-9(20)11(10(6-16)7-17)8-24(4-2-18,5-3-19)23-25(21,22)12(13,14)15/h18-19H,2-5,8H2,1H3. The van der Waals surface area contributed by atoms with Gasteiger partial charge in [-0.3, -0.25) is 4.79 Å². The van der Waals surface area contributed by atoms with Gasteiger partial charge in [-0.25, -0.2) is 3.63 Å². The van der Waals surface area contributed by atoms with Crippen LogP contribution in [0, 0.1) is 22.7 Å². The zero-order valence-electron chi connectivity index (χ0n) is 12.9. The van der Waals surface area contributed by atoms with Crippen LogP contribution in [-0.4, -0.2) is 60.4 Å². The molecule has 0 rings (SSSR count). The molecular weight excluding hydrogens is 389 g/mol. The maximum atomic E-state index is 12.6. The van der Waals surface area contributed by atoms with Crippen molar-refractivity contribution in [2.75, 3.05) is 30.5 Å². The average Bonchev–Trinajstić information content (AvgIpc) is 2.46. The fourth-order valence-corrected chi connectivity index (χ4v) is 6.27. The molecule has 25 heavy (non-hydrogen) atoms. The van der Waals surface area contributed by atoms with Crippen LogP contribution in [0.25, 0.3) is 0 Å². The maximum Gasteiger partial charge on any atom is 0.523 e. The molecule has 0 heterocycles. The Morgan fingerprint density at radius 3 is 1.84 bits per heavy atom. The lowest BCUT2D eigenvalue weighted by Gasteiger charge is -2.38. The normalized spacial score (nSPS) is 12.8. The highest BCUT2D eigenvalue weighted by Crippen LogP contribution is 2.53. The van der Waals surface area contributed by atoms with Crippen LogP contribution in [0.1, 0.15) is 6.92 Å². The molecule has 0 aliphatic carbocycles. The molecule has 0 bridgehead atoms. The molecule has 0 amide bonds. The lowest BCUT2D eigenvalue weighted by atomic mass is 10.1. The van der Waals surface area contributed by atoms with Gasteiger partial charge in [-0.05, 0) is 6.92 Å². The lowest BCUT2D eigenvalue weighted by Crippen LogP contribution is -2.32. The Bertz CT molecular complexity index is 697. The van der Waals surface area contributed by atoms with E-state index in [1.54, 1.807) is 0 Å². The molecule has 2 N–H and O–H groups in total. The third kappa shape index (κ3) is 6.30. The zero-order valence-corrected chi connectivity index (χ0v) is 14.5. The van der Waals surface area contributed by atoms with Crippen molar-refractivity contribution in [3.63, 3.8) is 0 Å². The summed E-state index contributed by atoms with van der Waals surface area (Å²) < 4.78 is 64.9. The molecular formula is C12H15F3N2O6S2. The van der Waals surface area contributed by atoms with Crippen LogP contribution in [0.2, 0.25) is 0 Å². The third-order valence-corrected chi connectivity index (χ3v) is 7.91. The summed E-state index contributed by atoms with van der Waals surface area (Å²) in [7, 11) is -9.53. The van der Waals surface area contributed by atoms with E-state index in [-0.39, 0.29) is 0 Å². The Hall–Kier alpha value is -1.64. The molecule has 0 aromatic heterocycles. The van der Waals surface area contributed by atoms with Gasteiger partial charge in [0.25, 0.3) is 0 Å².